The van der Waals surface area contributed by atoms with E-state index in [1.54, 1.807) is 12.1 Å². The van der Waals surface area contributed by atoms with Gasteiger partial charge >= 0.3 is 0 Å². The molecule has 2 atom stereocenters. The number of nitrogens with zero attached hydrogens (tertiary/aromatic N) is 1. The number of anilines is 1. The molecule has 0 radical (unpaired) electrons. The van der Waals surface area contributed by atoms with Crippen LogP contribution in [-0.2, 0) is 4.74 Å². The van der Waals surface area contributed by atoms with Gasteiger partial charge in [0.25, 0.3) is 0 Å². The maximum Gasteiger partial charge on any atom is 0.248 e. The first kappa shape index (κ1) is 11.9. The lowest BCUT2D eigenvalue weighted by Gasteiger charge is -2.36. The highest BCUT2D eigenvalue weighted by atomic mass is 16.5. The largest absolute Gasteiger partial charge is 0.372 e. The average molecular weight is 234 g/mol. The van der Waals surface area contributed by atoms with Gasteiger partial charge in [0.15, 0.2) is 0 Å². The third kappa shape index (κ3) is 2.77. The quantitative estimate of drug-likeness (QED) is 0.841. The van der Waals surface area contributed by atoms with E-state index in [4.69, 9.17) is 10.5 Å². The summed E-state index contributed by atoms with van der Waals surface area (Å²) in [6.07, 6.45) is 0.462. The fourth-order valence-electron chi connectivity index (χ4n) is 2.23. The van der Waals surface area contributed by atoms with Gasteiger partial charge in [0, 0.05) is 24.3 Å². The summed E-state index contributed by atoms with van der Waals surface area (Å²) in [5.41, 5.74) is 6.87. The minimum absolute atomic E-state index is 0.231. The van der Waals surface area contributed by atoms with Gasteiger partial charge in [0.05, 0.1) is 12.2 Å². The second-order valence-electron chi connectivity index (χ2n) is 4.57. The molecule has 0 saturated carbocycles. The molecule has 1 aliphatic heterocycles. The summed E-state index contributed by atoms with van der Waals surface area (Å²) in [4.78, 5) is 13.2. The lowest BCUT2D eigenvalue weighted by atomic mass is 10.1. The molecule has 0 aliphatic carbocycles. The Balaban J connectivity index is 2.14. The highest BCUT2D eigenvalue weighted by molar-refractivity contribution is 5.93. The lowest BCUT2D eigenvalue weighted by molar-refractivity contribution is -0.00522. The molecule has 92 valence electrons. The van der Waals surface area contributed by atoms with E-state index in [-0.39, 0.29) is 18.1 Å². The molecule has 1 aromatic rings. The van der Waals surface area contributed by atoms with Crippen molar-refractivity contribution in [3.8, 4) is 0 Å². The Kier molecular flexibility index (Phi) is 3.33. The molecule has 0 spiro atoms. The number of benzene rings is 1. The monoisotopic (exact) mass is 234 g/mol. The summed E-state index contributed by atoms with van der Waals surface area (Å²) in [6, 6.07) is 7.40. The van der Waals surface area contributed by atoms with Crippen molar-refractivity contribution in [1.82, 2.24) is 0 Å². The number of hydrogen-bond donors (Lipinski definition) is 1. The SMILES string of the molecule is CC1CN(c2ccc(C(N)=O)cc2)CC(C)O1. The smallest absolute Gasteiger partial charge is 0.248 e. The van der Waals surface area contributed by atoms with Crippen molar-refractivity contribution < 1.29 is 9.53 Å². The molecule has 0 aromatic heterocycles. The second kappa shape index (κ2) is 4.75. The Hall–Kier alpha value is -1.55. The lowest BCUT2D eigenvalue weighted by Crippen LogP contribution is -2.45. The molecule has 1 fully saturated rings. The third-order valence-electron chi connectivity index (χ3n) is 2.94. The van der Waals surface area contributed by atoms with Gasteiger partial charge in [-0.15, -0.1) is 0 Å². The van der Waals surface area contributed by atoms with Crippen LogP contribution in [0.25, 0.3) is 0 Å². The molecule has 1 saturated heterocycles. The molecule has 17 heavy (non-hydrogen) atoms. The van der Waals surface area contributed by atoms with Crippen molar-refractivity contribution in [3.63, 3.8) is 0 Å². The molecule has 1 heterocycles. The van der Waals surface area contributed by atoms with Crippen LogP contribution in [0.1, 0.15) is 24.2 Å². The van der Waals surface area contributed by atoms with Crippen molar-refractivity contribution in [2.75, 3.05) is 18.0 Å². The first-order chi connectivity index (χ1) is 8.06. The zero-order valence-corrected chi connectivity index (χ0v) is 10.2. The predicted molar refractivity (Wildman–Crippen MR) is 67.2 cm³/mol. The fourth-order valence-corrected chi connectivity index (χ4v) is 2.23. The minimum Gasteiger partial charge on any atom is -0.372 e. The van der Waals surface area contributed by atoms with Gasteiger partial charge in [-0.3, -0.25) is 4.79 Å². The second-order valence-corrected chi connectivity index (χ2v) is 4.57. The van der Waals surface area contributed by atoms with Gasteiger partial charge in [-0.1, -0.05) is 0 Å². The first-order valence-electron chi connectivity index (χ1n) is 5.86. The van der Waals surface area contributed by atoms with Crippen LogP contribution >= 0.6 is 0 Å². The van der Waals surface area contributed by atoms with Crippen LogP contribution in [0.2, 0.25) is 0 Å². The van der Waals surface area contributed by atoms with Crippen LogP contribution in [0, 0.1) is 0 Å². The zero-order valence-electron chi connectivity index (χ0n) is 10.2. The van der Waals surface area contributed by atoms with Crippen LogP contribution in [0.15, 0.2) is 24.3 Å². The normalized spacial score (nSPS) is 24.7. The summed E-state index contributed by atoms with van der Waals surface area (Å²) in [5, 5.41) is 0. The molecular weight excluding hydrogens is 216 g/mol. The number of morpholine rings is 1. The fraction of sp³-hybridized carbons (Fsp3) is 0.462. The van der Waals surface area contributed by atoms with Crippen LogP contribution < -0.4 is 10.6 Å². The van der Waals surface area contributed by atoms with Crippen molar-refractivity contribution in [3.05, 3.63) is 29.8 Å². The minimum atomic E-state index is -0.389. The maximum absolute atomic E-state index is 11.0. The molecule has 1 amide bonds. The first-order valence-corrected chi connectivity index (χ1v) is 5.86. The number of carbonyl (C=O) groups excluding carboxylic acids is 1. The molecule has 2 N–H and O–H groups in total. The Labute approximate surface area is 101 Å². The third-order valence-corrected chi connectivity index (χ3v) is 2.94. The van der Waals surface area contributed by atoms with Gasteiger partial charge < -0.3 is 15.4 Å². The summed E-state index contributed by atoms with van der Waals surface area (Å²) in [7, 11) is 0. The Bertz CT molecular complexity index is 392. The number of carbonyl (C=O) groups is 1. The van der Waals surface area contributed by atoms with Crippen molar-refractivity contribution in [2.24, 2.45) is 5.73 Å². The number of rotatable bonds is 2. The number of primary amides is 1. The molecule has 2 rings (SSSR count). The molecule has 1 aliphatic rings. The van der Waals surface area contributed by atoms with Gasteiger partial charge in [-0.25, -0.2) is 0 Å². The van der Waals surface area contributed by atoms with Crippen molar-refractivity contribution >= 4 is 11.6 Å². The zero-order chi connectivity index (χ0) is 12.4. The molecule has 4 nitrogen and oxygen atoms in total. The van der Waals surface area contributed by atoms with E-state index in [1.807, 2.05) is 12.1 Å². The van der Waals surface area contributed by atoms with Crippen LogP contribution in [0.5, 0.6) is 0 Å². The molecule has 0 bridgehead atoms. The van der Waals surface area contributed by atoms with Crippen molar-refractivity contribution in [2.45, 2.75) is 26.1 Å². The number of ether oxygens (including phenoxy) is 1. The Morgan fingerprint density at radius 2 is 1.76 bits per heavy atom. The van der Waals surface area contributed by atoms with Crippen LogP contribution in [0.3, 0.4) is 0 Å². The molecular formula is C13H18N2O2. The average Bonchev–Trinajstić information content (AvgIpc) is 2.28. The van der Waals surface area contributed by atoms with E-state index >= 15 is 0 Å². The summed E-state index contributed by atoms with van der Waals surface area (Å²) < 4.78 is 5.68. The Morgan fingerprint density at radius 3 is 2.24 bits per heavy atom. The molecule has 4 heteroatoms. The number of amides is 1. The summed E-state index contributed by atoms with van der Waals surface area (Å²) in [6.45, 7) is 5.89. The van der Waals surface area contributed by atoms with Crippen LogP contribution in [0.4, 0.5) is 5.69 Å². The maximum atomic E-state index is 11.0. The predicted octanol–water partition coefficient (Wildman–Crippen LogP) is 1.40. The van der Waals surface area contributed by atoms with Gasteiger partial charge in [0.1, 0.15) is 0 Å². The van der Waals surface area contributed by atoms with Gasteiger partial charge in [-0.2, -0.15) is 0 Å². The summed E-state index contributed by atoms with van der Waals surface area (Å²) >= 11 is 0. The van der Waals surface area contributed by atoms with E-state index in [2.05, 4.69) is 18.7 Å². The Morgan fingerprint density at radius 1 is 1.24 bits per heavy atom. The highest BCUT2D eigenvalue weighted by Gasteiger charge is 2.22. The van der Waals surface area contributed by atoms with Gasteiger partial charge in [0.2, 0.25) is 5.91 Å². The molecule has 2 unspecified atom stereocenters. The number of nitrogens with two attached hydrogens (primary N) is 1. The van der Waals surface area contributed by atoms with E-state index in [0.717, 1.165) is 18.8 Å². The standard InChI is InChI=1S/C13H18N2O2/c1-9-7-15(8-10(2)17-9)12-5-3-11(4-6-12)13(14)16/h3-6,9-10H,7-8H2,1-2H3,(H2,14,16). The topological polar surface area (TPSA) is 55.6 Å². The summed E-state index contributed by atoms with van der Waals surface area (Å²) in [5.74, 6) is -0.389. The van der Waals surface area contributed by atoms with Crippen molar-refractivity contribution in [1.29, 1.82) is 0 Å². The number of hydrogen-bond acceptors (Lipinski definition) is 3. The van der Waals surface area contributed by atoms with Crippen LogP contribution in [-0.4, -0.2) is 31.2 Å². The molecule has 1 aromatic carbocycles. The van der Waals surface area contributed by atoms with E-state index in [0.29, 0.717) is 5.56 Å². The van der Waals surface area contributed by atoms with E-state index in [9.17, 15) is 4.79 Å². The van der Waals surface area contributed by atoms with Gasteiger partial charge in [-0.05, 0) is 38.1 Å². The van der Waals surface area contributed by atoms with E-state index < -0.39 is 0 Å². The van der Waals surface area contributed by atoms with E-state index in [1.165, 1.54) is 0 Å². The highest BCUT2D eigenvalue weighted by Crippen LogP contribution is 2.20.